The van der Waals surface area contributed by atoms with E-state index in [-0.39, 0.29) is 11.1 Å². The number of anilines is 2. The molecule has 0 atom stereocenters. The fourth-order valence-corrected chi connectivity index (χ4v) is 3.52. The summed E-state index contributed by atoms with van der Waals surface area (Å²) in [4.78, 5) is 26.0. The molecule has 0 aliphatic carbocycles. The zero-order valence-electron chi connectivity index (χ0n) is 18.5. The second-order valence-electron chi connectivity index (χ2n) is 7.74. The number of fused-ring (bicyclic) bond motifs is 1. The maximum absolute atomic E-state index is 13.1. The molecule has 8 nitrogen and oxygen atoms in total. The molecule has 0 unspecified atom stereocenters. The number of para-hydroxylation sites is 2. The highest BCUT2D eigenvalue weighted by Gasteiger charge is 2.15. The van der Waals surface area contributed by atoms with Gasteiger partial charge in [0, 0.05) is 25.0 Å². The molecule has 4 aromatic rings. The average molecular weight is 453 g/mol. The molecular weight excluding hydrogens is 432 g/mol. The van der Waals surface area contributed by atoms with Crippen molar-refractivity contribution < 1.29 is 19.8 Å². The van der Waals surface area contributed by atoms with Crippen molar-refractivity contribution in [2.45, 2.75) is 0 Å². The van der Waals surface area contributed by atoms with Gasteiger partial charge in [0.1, 0.15) is 0 Å². The van der Waals surface area contributed by atoms with Crippen molar-refractivity contribution in [3.8, 4) is 5.75 Å². The number of nitrogens with zero attached hydrogens (tertiary/aromatic N) is 3. The topological polar surface area (TPSA) is 117 Å². The van der Waals surface area contributed by atoms with E-state index in [4.69, 9.17) is 5.11 Å². The lowest BCUT2D eigenvalue weighted by atomic mass is 10.0. The summed E-state index contributed by atoms with van der Waals surface area (Å²) in [5.74, 6) is -1.99. The molecule has 0 spiro atoms. The van der Waals surface area contributed by atoms with E-state index in [1.807, 2.05) is 31.1 Å². The molecule has 34 heavy (non-hydrogen) atoms. The normalized spacial score (nSPS) is 11.0. The Hall–Kier alpha value is -4.72. The van der Waals surface area contributed by atoms with Crippen LogP contribution in [0, 0.1) is 0 Å². The van der Waals surface area contributed by atoms with Gasteiger partial charge >= 0.3 is 5.97 Å². The molecule has 0 heterocycles. The third-order valence-corrected chi connectivity index (χ3v) is 5.24. The Labute approximate surface area is 195 Å². The second-order valence-corrected chi connectivity index (χ2v) is 7.74. The molecule has 0 saturated carbocycles. The largest absolute Gasteiger partial charge is 0.872 e. The number of hydrogen-bond acceptors (Lipinski definition) is 6. The second kappa shape index (κ2) is 9.41. The van der Waals surface area contributed by atoms with Crippen LogP contribution in [-0.4, -0.2) is 31.1 Å². The van der Waals surface area contributed by atoms with E-state index in [1.54, 1.807) is 36.4 Å². The Bertz CT molecular complexity index is 1410. The number of carboxylic acids is 1. The van der Waals surface area contributed by atoms with Crippen LogP contribution >= 0.6 is 0 Å². The van der Waals surface area contributed by atoms with Gasteiger partial charge in [0.2, 0.25) is 0 Å². The first-order valence-electron chi connectivity index (χ1n) is 10.4. The molecule has 0 saturated heterocycles. The number of carbonyl (C=O) groups excluding carboxylic acids is 1. The van der Waals surface area contributed by atoms with E-state index in [9.17, 15) is 14.7 Å². The lowest BCUT2D eigenvalue weighted by molar-refractivity contribution is -0.266. The maximum Gasteiger partial charge on any atom is 0.335 e. The van der Waals surface area contributed by atoms with E-state index < -0.39 is 17.6 Å². The number of carboxylic acid groups (broad SMARTS) is 1. The van der Waals surface area contributed by atoms with E-state index in [2.05, 4.69) is 15.5 Å². The molecule has 0 aromatic heterocycles. The predicted molar refractivity (Wildman–Crippen MR) is 130 cm³/mol. The summed E-state index contributed by atoms with van der Waals surface area (Å²) in [6.07, 6.45) is 0. The molecule has 0 radical (unpaired) electrons. The molecule has 8 heteroatoms. The molecule has 2 N–H and O–H groups in total. The average Bonchev–Trinajstić information content (AvgIpc) is 2.84. The quantitative estimate of drug-likeness (QED) is 0.382. The van der Waals surface area contributed by atoms with Crippen LogP contribution in [0.5, 0.6) is 5.75 Å². The minimum Gasteiger partial charge on any atom is -0.872 e. The van der Waals surface area contributed by atoms with Crippen LogP contribution in [0.1, 0.15) is 20.7 Å². The zero-order valence-corrected chi connectivity index (χ0v) is 18.5. The summed E-state index contributed by atoms with van der Waals surface area (Å²) in [5.41, 5.74) is 2.25. The van der Waals surface area contributed by atoms with Crippen LogP contribution in [0.15, 0.2) is 89.1 Å². The minimum atomic E-state index is -1.04. The van der Waals surface area contributed by atoms with Gasteiger partial charge in [0.25, 0.3) is 5.91 Å². The fourth-order valence-electron chi connectivity index (χ4n) is 3.52. The standard InChI is InChI=1S/C26H22N4O4/c1-30(2)23-10-6-5-9-21(23)27-25(32)20-15-22(18-7-3-4-8-19(18)24(20)31)29-28-17-13-11-16(12-14-17)26(33)34/h3-15,31H,1-2H3,(H,27,32)(H,33,34)/p-1. The Balaban J connectivity index is 1.73. The molecule has 0 aliphatic rings. The van der Waals surface area contributed by atoms with Crippen molar-refractivity contribution in [2.75, 3.05) is 24.3 Å². The Kier molecular flexibility index (Phi) is 6.22. The van der Waals surface area contributed by atoms with Gasteiger partial charge in [0.05, 0.1) is 28.3 Å². The van der Waals surface area contributed by atoms with Gasteiger partial charge in [-0.15, -0.1) is 5.11 Å². The van der Waals surface area contributed by atoms with Gasteiger partial charge in [-0.2, -0.15) is 5.11 Å². The van der Waals surface area contributed by atoms with Crippen molar-refractivity contribution in [3.63, 3.8) is 0 Å². The summed E-state index contributed by atoms with van der Waals surface area (Å²) in [6.45, 7) is 0. The van der Waals surface area contributed by atoms with E-state index in [0.717, 1.165) is 5.69 Å². The minimum absolute atomic E-state index is 0.0533. The number of benzene rings is 4. The van der Waals surface area contributed by atoms with Crippen molar-refractivity contribution in [1.82, 2.24) is 0 Å². The van der Waals surface area contributed by atoms with Crippen LogP contribution in [0.2, 0.25) is 0 Å². The molecular formula is C26H21N4O4-. The predicted octanol–water partition coefficient (Wildman–Crippen LogP) is 5.35. The van der Waals surface area contributed by atoms with Crippen molar-refractivity contribution in [2.24, 2.45) is 10.2 Å². The van der Waals surface area contributed by atoms with Gasteiger partial charge in [-0.05, 0) is 47.9 Å². The van der Waals surface area contributed by atoms with E-state index in [1.165, 1.54) is 30.3 Å². The Morgan fingerprint density at radius 2 is 1.53 bits per heavy atom. The summed E-state index contributed by atoms with van der Waals surface area (Å²) in [6, 6.07) is 21.5. The summed E-state index contributed by atoms with van der Waals surface area (Å²) >= 11 is 0. The highest BCUT2D eigenvalue weighted by Crippen LogP contribution is 2.36. The molecule has 1 amide bonds. The molecule has 0 bridgehead atoms. The van der Waals surface area contributed by atoms with Gasteiger partial charge < -0.3 is 20.4 Å². The van der Waals surface area contributed by atoms with Crippen LogP contribution in [-0.2, 0) is 0 Å². The van der Waals surface area contributed by atoms with Crippen LogP contribution in [0.3, 0.4) is 0 Å². The monoisotopic (exact) mass is 453 g/mol. The van der Waals surface area contributed by atoms with Gasteiger partial charge in [-0.3, -0.25) is 4.79 Å². The fraction of sp³-hybridized carbons (Fsp3) is 0.0769. The third kappa shape index (κ3) is 4.56. The number of aromatic carboxylic acids is 1. The highest BCUT2D eigenvalue weighted by atomic mass is 16.4. The van der Waals surface area contributed by atoms with Gasteiger partial charge in [-0.25, -0.2) is 4.79 Å². The lowest BCUT2D eigenvalue weighted by Gasteiger charge is -2.20. The highest BCUT2D eigenvalue weighted by molar-refractivity contribution is 6.12. The number of amides is 1. The van der Waals surface area contributed by atoms with Crippen molar-refractivity contribution in [1.29, 1.82) is 0 Å². The molecule has 4 rings (SSSR count). The summed E-state index contributed by atoms with van der Waals surface area (Å²) < 4.78 is 0. The first kappa shape index (κ1) is 22.5. The Morgan fingerprint density at radius 3 is 2.21 bits per heavy atom. The zero-order chi connectivity index (χ0) is 24.2. The maximum atomic E-state index is 13.1. The number of hydrogen-bond donors (Lipinski definition) is 2. The number of nitrogens with one attached hydrogen (secondary N) is 1. The van der Waals surface area contributed by atoms with Crippen LogP contribution in [0.25, 0.3) is 10.8 Å². The smallest absolute Gasteiger partial charge is 0.335 e. The third-order valence-electron chi connectivity index (χ3n) is 5.24. The number of azo groups is 1. The molecule has 4 aromatic carbocycles. The van der Waals surface area contributed by atoms with E-state index >= 15 is 0 Å². The summed E-state index contributed by atoms with van der Waals surface area (Å²) in [5, 5.41) is 34.3. The van der Waals surface area contributed by atoms with Crippen molar-refractivity contribution in [3.05, 3.63) is 90.0 Å². The number of carbonyl (C=O) groups is 2. The lowest BCUT2D eigenvalue weighted by Crippen LogP contribution is -2.18. The van der Waals surface area contributed by atoms with Gasteiger partial charge in [0.15, 0.2) is 0 Å². The molecule has 0 aliphatic heterocycles. The number of rotatable bonds is 6. The molecule has 170 valence electrons. The van der Waals surface area contributed by atoms with Crippen molar-refractivity contribution >= 4 is 45.4 Å². The van der Waals surface area contributed by atoms with E-state index in [0.29, 0.717) is 27.8 Å². The SMILES string of the molecule is CN(C)c1ccccc1NC(=O)c1cc(N=Nc2ccc(C(=O)O)cc2)c2ccccc2c1[O-]. The first-order valence-corrected chi connectivity index (χ1v) is 10.4. The Morgan fingerprint density at radius 1 is 0.882 bits per heavy atom. The first-order chi connectivity index (χ1) is 16.3. The summed E-state index contributed by atoms with van der Waals surface area (Å²) in [7, 11) is 3.73. The molecule has 0 fully saturated rings. The van der Waals surface area contributed by atoms with Crippen LogP contribution < -0.4 is 15.3 Å². The van der Waals surface area contributed by atoms with Crippen LogP contribution in [0.4, 0.5) is 22.7 Å². The van der Waals surface area contributed by atoms with Gasteiger partial charge in [-0.1, -0.05) is 42.1 Å².